The van der Waals surface area contributed by atoms with Crippen molar-refractivity contribution in [2.24, 2.45) is 0 Å². The van der Waals surface area contributed by atoms with E-state index in [4.69, 9.17) is 0 Å². The lowest BCUT2D eigenvalue weighted by molar-refractivity contribution is 0.472. The molecule has 0 aliphatic heterocycles. The normalized spacial score (nSPS) is 10.7. The Morgan fingerprint density at radius 2 is 2.00 bits per heavy atom. The molecule has 0 fully saturated rings. The van der Waals surface area contributed by atoms with Crippen LogP contribution in [0.25, 0.3) is 22.0 Å². The Morgan fingerprint density at radius 1 is 1.11 bits per heavy atom. The van der Waals surface area contributed by atoms with Crippen molar-refractivity contribution < 1.29 is 9.50 Å². The van der Waals surface area contributed by atoms with E-state index in [0.29, 0.717) is 11.1 Å². The second-order valence-corrected chi connectivity index (χ2v) is 3.93. The van der Waals surface area contributed by atoms with Gasteiger partial charge in [0, 0.05) is 11.6 Å². The minimum atomic E-state index is -0.455. The first kappa shape index (κ1) is 10.7. The molecule has 0 atom stereocenters. The lowest BCUT2D eigenvalue weighted by Crippen LogP contribution is -1.87. The third-order valence-corrected chi connectivity index (χ3v) is 2.79. The van der Waals surface area contributed by atoms with Gasteiger partial charge in [-0.05, 0) is 23.8 Å². The smallest absolute Gasteiger partial charge is 0.134 e. The Morgan fingerprint density at radius 3 is 2.83 bits per heavy atom. The molecule has 3 rings (SSSR count). The fourth-order valence-electron chi connectivity index (χ4n) is 1.93. The SMILES string of the molecule is Oc1cccc(F)c1-c1ccc2cncnc2c1. The van der Waals surface area contributed by atoms with Gasteiger partial charge in [0.2, 0.25) is 0 Å². The number of aromatic hydroxyl groups is 1. The second-order valence-electron chi connectivity index (χ2n) is 3.93. The number of benzene rings is 2. The van der Waals surface area contributed by atoms with Crippen molar-refractivity contribution in [1.29, 1.82) is 0 Å². The molecule has 4 heteroatoms. The number of phenolic OH excluding ortho intramolecular Hbond substituents is 1. The average Bonchev–Trinajstić information content (AvgIpc) is 2.38. The van der Waals surface area contributed by atoms with Crippen molar-refractivity contribution in [2.75, 3.05) is 0 Å². The predicted molar refractivity (Wildman–Crippen MR) is 66.6 cm³/mol. The fraction of sp³-hybridized carbons (Fsp3) is 0. The molecule has 0 aliphatic rings. The number of nitrogens with zero attached hydrogens (tertiary/aromatic N) is 2. The summed E-state index contributed by atoms with van der Waals surface area (Å²) in [5, 5.41) is 10.6. The van der Waals surface area contributed by atoms with Crippen LogP contribution in [0.1, 0.15) is 0 Å². The third kappa shape index (κ3) is 1.68. The highest BCUT2D eigenvalue weighted by molar-refractivity contribution is 5.84. The van der Waals surface area contributed by atoms with Gasteiger partial charge in [-0.1, -0.05) is 18.2 Å². The van der Waals surface area contributed by atoms with Crippen LogP contribution in [-0.4, -0.2) is 15.1 Å². The van der Waals surface area contributed by atoms with E-state index in [2.05, 4.69) is 9.97 Å². The van der Waals surface area contributed by atoms with Gasteiger partial charge in [-0.3, -0.25) is 0 Å². The molecule has 88 valence electrons. The van der Waals surface area contributed by atoms with Gasteiger partial charge in [0.05, 0.1) is 11.1 Å². The van der Waals surface area contributed by atoms with Crippen molar-refractivity contribution in [3.63, 3.8) is 0 Å². The Bertz CT molecular complexity index is 708. The third-order valence-electron chi connectivity index (χ3n) is 2.79. The van der Waals surface area contributed by atoms with Crippen LogP contribution in [0.3, 0.4) is 0 Å². The first-order chi connectivity index (χ1) is 8.75. The van der Waals surface area contributed by atoms with Gasteiger partial charge in [0.25, 0.3) is 0 Å². The van der Waals surface area contributed by atoms with E-state index >= 15 is 0 Å². The zero-order chi connectivity index (χ0) is 12.5. The topological polar surface area (TPSA) is 46.0 Å². The molecular formula is C14H9FN2O. The summed E-state index contributed by atoms with van der Waals surface area (Å²) in [4.78, 5) is 8.03. The monoisotopic (exact) mass is 240 g/mol. The van der Waals surface area contributed by atoms with Crippen LogP contribution in [0.2, 0.25) is 0 Å². The van der Waals surface area contributed by atoms with Crippen LogP contribution in [0.15, 0.2) is 48.9 Å². The quantitative estimate of drug-likeness (QED) is 0.710. The van der Waals surface area contributed by atoms with E-state index in [1.165, 1.54) is 24.5 Å². The van der Waals surface area contributed by atoms with Crippen LogP contribution < -0.4 is 0 Å². The standard InChI is InChI=1S/C14H9FN2O/c15-11-2-1-3-13(18)14(11)9-4-5-10-7-16-8-17-12(10)6-9/h1-8,18H. The van der Waals surface area contributed by atoms with E-state index in [-0.39, 0.29) is 11.3 Å². The number of halogens is 1. The van der Waals surface area contributed by atoms with E-state index < -0.39 is 5.82 Å². The van der Waals surface area contributed by atoms with E-state index in [0.717, 1.165) is 5.39 Å². The number of rotatable bonds is 1. The fourth-order valence-corrected chi connectivity index (χ4v) is 1.93. The summed E-state index contributed by atoms with van der Waals surface area (Å²) in [6, 6.07) is 9.52. The summed E-state index contributed by atoms with van der Waals surface area (Å²) >= 11 is 0. The zero-order valence-electron chi connectivity index (χ0n) is 9.34. The average molecular weight is 240 g/mol. The molecular weight excluding hydrogens is 231 g/mol. The van der Waals surface area contributed by atoms with Crippen molar-refractivity contribution in [3.05, 3.63) is 54.7 Å². The highest BCUT2D eigenvalue weighted by atomic mass is 19.1. The summed E-state index contributed by atoms with van der Waals surface area (Å²) in [5.74, 6) is -0.535. The molecule has 0 radical (unpaired) electrons. The lowest BCUT2D eigenvalue weighted by Gasteiger charge is -2.06. The second kappa shape index (κ2) is 4.07. The molecule has 0 aliphatic carbocycles. The molecule has 0 unspecified atom stereocenters. The summed E-state index contributed by atoms with van der Waals surface area (Å²) in [6.07, 6.45) is 3.13. The number of hydrogen-bond acceptors (Lipinski definition) is 3. The minimum Gasteiger partial charge on any atom is -0.507 e. The van der Waals surface area contributed by atoms with Gasteiger partial charge >= 0.3 is 0 Å². The molecule has 1 heterocycles. The Balaban J connectivity index is 2.26. The predicted octanol–water partition coefficient (Wildman–Crippen LogP) is 3.14. The Kier molecular flexibility index (Phi) is 2.41. The van der Waals surface area contributed by atoms with E-state index in [1.807, 2.05) is 0 Å². The molecule has 2 aromatic carbocycles. The highest BCUT2D eigenvalue weighted by Gasteiger charge is 2.10. The van der Waals surface area contributed by atoms with Crippen LogP contribution in [-0.2, 0) is 0 Å². The van der Waals surface area contributed by atoms with Gasteiger partial charge < -0.3 is 5.11 Å². The maximum absolute atomic E-state index is 13.7. The molecule has 3 aromatic rings. The van der Waals surface area contributed by atoms with Crippen LogP contribution in [0.4, 0.5) is 4.39 Å². The zero-order valence-corrected chi connectivity index (χ0v) is 9.34. The van der Waals surface area contributed by atoms with Crippen LogP contribution >= 0.6 is 0 Å². The number of fused-ring (bicyclic) bond motifs is 1. The largest absolute Gasteiger partial charge is 0.507 e. The van der Waals surface area contributed by atoms with Crippen molar-refractivity contribution >= 4 is 10.9 Å². The first-order valence-electron chi connectivity index (χ1n) is 5.43. The van der Waals surface area contributed by atoms with Crippen molar-refractivity contribution in [3.8, 4) is 16.9 Å². The lowest BCUT2D eigenvalue weighted by atomic mass is 10.0. The molecule has 1 aromatic heterocycles. The molecule has 0 saturated heterocycles. The molecule has 1 N–H and O–H groups in total. The van der Waals surface area contributed by atoms with Crippen LogP contribution in [0, 0.1) is 5.82 Å². The van der Waals surface area contributed by atoms with Crippen molar-refractivity contribution in [1.82, 2.24) is 9.97 Å². The first-order valence-corrected chi connectivity index (χ1v) is 5.43. The highest BCUT2D eigenvalue weighted by Crippen LogP contribution is 2.32. The number of hydrogen-bond donors (Lipinski definition) is 1. The van der Waals surface area contributed by atoms with Gasteiger partial charge in [-0.25, -0.2) is 14.4 Å². The molecule has 3 nitrogen and oxygen atoms in total. The maximum atomic E-state index is 13.7. The summed E-state index contributed by atoms with van der Waals surface area (Å²) < 4.78 is 13.7. The molecule has 18 heavy (non-hydrogen) atoms. The Labute approximate surface area is 103 Å². The van der Waals surface area contributed by atoms with Gasteiger partial charge in [-0.15, -0.1) is 0 Å². The van der Waals surface area contributed by atoms with E-state index in [9.17, 15) is 9.50 Å². The molecule has 0 spiro atoms. The number of phenols is 1. The van der Waals surface area contributed by atoms with Crippen LogP contribution in [0.5, 0.6) is 5.75 Å². The summed E-state index contributed by atoms with van der Waals surface area (Å²) in [5.41, 5.74) is 1.50. The maximum Gasteiger partial charge on any atom is 0.134 e. The molecule has 0 bridgehead atoms. The van der Waals surface area contributed by atoms with Gasteiger partial charge in [0.15, 0.2) is 0 Å². The minimum absolute atomic E-state index is 0.0802. The van der Waals surface area contributed by atoms with E-state index in [1.54, 1.807) is 24.4 Å². The van der Waals surface area contributed by atoms with Crippen molar-refractivity contribution in [2.45, 2.75) is 0 Å². The number of aromatic nitrogens is 2. The summed E-state index contributed by atoms with van der Waals surface area (Å²) in [7, 11) is 0. The van der Waals surface area contributed by atoms with Gasteiger partial charge in [0.1, 0.15) is 17.9 Å². The van der Waals surface area contributed by atoms with Gasteiger partial charge in [-0.2, -0.15) is 0 Å². The summed E-state index contributed by atoms with van der Waals surface area (Å²) in [6.45, 7) is 0. The molecule has 0 amide bonds. The molecule has 0 saturated carbocycles. The Hall–Kier alpha value is -2.49.